The first-order valence-corrected chi connectivity index (χ1v) is 11.7. The van der Waals surface area contributed by atoms with E-state index in [0.29, 0.717) is 35.0 Å². The quantitative estimate of drug-likeness (QED) is 0.692. The Morgan fingerprint density at radius 1 is 1.06 bits per heavy atom. The summed E-state index contributed by atoms with van der Waals surface area (Å²) in [7, 11) is 1.34. The first-order chi connectivity index (χ1) is 15.6. The normalized spacial score (nSPS) is 27.5. The van der Waals surface area contributed by atoms with Crippen LogP contribution in [0.4, 0.5) is 0 Å². The van der Waals surface area contributed by atoms with Crippen LogP contribution in [0.1, 0.15) is 52.0 Å². The summed E-state index contributed by atoms with van der Waals surface area (Å²) in [5, 5.41) is 0. The molecule has 0 aliphatic carbocycles. The molecule has 1 amide bonds. The van der Waals surface area contributed by atoms with Gasteiger partial charge in [0.15, 0.2) is 0 Å². The van der Waals surface area contributed by atoms with Crippen LogP contribution in [-0.4, -0.2) is 65.5 Å². The van der Waals surface area contributed by atoms with Crippen molar-refractivity contribution in [3.8, 4) is 0 Å². The predicted octanol–water partition coefficient (Wildman–Crippen LogP) is 3.43. The SMILES string of the molecule is COC(=O)c1cncc(C(=O)N2C[C@@H]3C[C@H](C2)[C@@H]2CCC[C@H](Cc4ccccc4)N2C3)c1. The van der Waals surface area contributed by atoms with Crippen LogP contribution in [0, 0.1) is 11.8 Å². The van der Waals surface area contributed by atoms with E-state index in [-0.39, 0.29) is 5.91 Å². The lowest BCUT2D eigenvalue weighted by Gasteiger charge is -2.55. The molecule has 6 nitrogen and oxygen atoms in total. The van der Waals surface area contributed by atoms with Gasteiger partial charge in [-0.05, 0) is 49.1 Å². The van der Waals surface area contributed by atoms with E-state index >= 15 is 0 Å². The van der Waals surface area contributed by atoms with Gasteiger partial charge in [-0.3, -0.25) is 14.7 Å². The van der Waals surface area contributed by atoms with Crippen LogP contribution in [0.5, 0.6) is 0 Å². The van der Waals surface area contributed by atoms with Crippen molar-refractivity contribution in [2.45, 2.75) is 44.2 Å². The molecule has 3 aliphatic heterocycles. The lowest BCUT2D eigenvalue weighted by atomic mass is 9.74. The second-order valence-electron chi connectivity index (χ2n) is 9.56. The Hall–Kier alpha value is -2.73. The molecule has 2 bridgehead atoms. The molecule has 5 rings (SSSR count). The number of aromatic nitrogens is 1. The van der Waals surface area contributed by atoms with E-state index in [2.05, 4.69) is 40.2 Å². The molecule has 168 valence electrons. The molecule has 1 aromatic carbocycles. The molecule has 1 aromatic heterocycles. The van der Waals surface area contributed by atoms with Gasteiger partial charge in [0.25, 0.3) is 5.91 Å². The number of hydrogen-bond acceptors (Lipinski definition) is 5. The lowest BCUT2D eigenvalue weighted by Crippen LogP contribution is -2.62. The molecule has 2 aromatic rings. The first kappa shape index (κ1) is 21.1. The molecule has 0 spiro atoms. The van der Waals surface area contributed by atoms with Gasteiger partial charge in [0.1, 0.15) is 0 Å². The minimum Gasteiger partial charge on any atom is -0.465 e. The molecule has 0 N–H and O–H groups in total. The highest BCUT2D eigenvalue weighted by Crippen LogP contribution is 2.40. The minimum absolute atomic E-state index is 0.0250. The second kappa shape index (κ2) is 9.02. The Labute approximate surface area is 189 Å². The van der Waals surface area contributed by atoms with Gasteiger partial charge in [-0.25, -0.2) is 4.79 Å². The van der Waals surface area contributed by atoms with Crippen LogP contribution in [0.3, 0.4) is 0 Å². The molecule has 3 saturated heterocycles. The van der Waals surface area contributed by atoms with Gasteiger partial charge in [0, 0.05) is 44.1 Å². The molecular weight excluding hydrogens is 402 g/mol. The molecule has 4 atom stereocenters. The highest BCUT2D eigenvalue weighted by atomic mass is 16.5. The summed E-state index contributed by atoms with van der Waals surface area (Å²) < 4.78 is 4.78. The van der Waals surface area contributed by atoms with Crippen LogP contribution in [-0.2, 0) is 11.2 Å². The largest absolute Gasteiger partial charge is 0.465 e. The molecule has 3 aliphatic rings. The number of likely N-dealkylation sites (tertiary alicyclic amines) is 1. The molecule has 32 heavy (non-hydrogen) atoms. The number of esters is 1. The van der Waals surface area contributed by atoms with E-state index in [9.17, 15) is 9.59 Å². The van der Waals surface area contributed by atoms with Crippen molar-refractivity contribution in [2.24, 2.45) is 11.8 Å². The summed E-state index contributed by atoms with van der Waals surface area (Å²) in [5.74, 6) is 0.525. The molecule has 0 saturated carbocycles. The number of ether oxygens (including phenoxy) is 1. The van der Waals surface area contributed by atoms with Crippen molar-refractivity contribution >= 4 is 11.9 Å². The summed E-state index contributed by atoms with van der Waals surface area (Å²) in [6, 6.07) is 13.6. The Kier molecular flexibility index (Phi) is 5.96. The van der Waals surface area contributed by atoms with Crippen LogP contribution in [0.15, 0.2) is 48.8 Å². The third-order valence-corrected chi connectivity index (χ3v) is 7.52. The van der Waals surface area contributed by atoms with E-state index in [4.69, 9.17) is 4.74 Å². The average molecular weight is 434 g/mol. The van der Waals surface area contributed by atoms with E-state index in [1.54, 1.807) is 12.3 Å². The van der Waals surface area contributed by atoms with E-state index in [1.165, 1.54) is 44.6 Å². The van der Waals surface area contributed by atoms with Crippen LogP contribution in [0.2, 0.25) is 0 Å². The number of carbonyl (C=O) groups is 2. The maximum absolute atomic E-state index is 13.3. The van der Waals surface area contributed by atoms with Crippen molar-refractivity contribution in [3.05, 3.63) is 65.5 Å². The molecule has 4 heterocycles. The second-order valence-corrected chi connectivity index (χ2v) is 9.56. The summed E-state index contributed by atoms with van der Waals surface area (Å²) in [4.78, 5) is 34.0. The summed E-state index contributed by atoms with van der Waals surface area (Å²) in [6.45, 7) is 2.64. The molecule has 0 unspecified atom stereocenters. The number of piperidine rings is 3. The average Bonchev–Trinajstić information content (AvgIpc) is 2.84. The zero-order valence-corrected chi connectivity index (χ0v) is 18.7. The Balaban J connectivity index is 1.30. The van der Waals surface area contributed by atoms with Gasteiger partial charge >= 0.3 is 5.97 Å². The van der Waals surface area contributed by atoms with Gasteiger partial charge in [-0.1, -0.05) is 36.8 Å². The maximum atomic E-state index is 13.3. The summed E-state index contributed by atoms with van der Waals surface area (Å²) >= 11 is 0. The Morgan fingerprint density at radius 3 is 2.69 bits per heavy atom. The fourth-order valence-corrected chi connectivity index (χ4v) is 6.15. The highest BCUT2D eigenvalue weighted by Gasteiger charge is 2.45. The van der Waals surface area contributed by atoms with Gasteiger partial charge in [-0.15, -0.1) is 0 Å². The van der Waals surface area contributed by atoms with Crippen LogP contribution >= 0.6 is 0 Å². The number of nitrogens with zero attached hydrogens (tertiary/aromatic N) is 3. The monoisotopic (exact) mass is 433 g/mol. The van der Waals surface area contributed by atoms with E-state index < -0.39 is 5.97 Å². The number of amides is 1. The Morgan fingerprint density at radius 2 is 1.88 bits per heavy atom. The number of carbonyl (C=O) groups excluding carboxylic acids is 2. The van der Waals surface area contributed by atoms with Gasteiger partial charge < -0.3 is 9.64 Å². The first-order valence-electron chi connectivity index (χ1n) is 11.7. The van der Waals surface area contributed by atoms with E-state index in [1.807, 2.05) is 4.90 Å². The number of rotatable bonds is 4. The third kappa shape index (κ3) is 4.16. The number of methoxy groups -OCH3 is 1. The van der Waals surface area contributed by atoms with Crippen molar-refractivity contribution in [2.75, 3.05) is 26.7 Å². The number of benzene rings is 1. The predicted molar refractivity (Wildman–Crippen MR) is 121 cm³/mol. The maximum Gasteiger partial charge on any atom is 0.339 e. The van der Waals surface area contributed by atoms with Crippen LogP contribution in [0.25, 0.3) is 0 Å². The minimum atomic E-state index is -0.468. The van der Waals surface area contributed by atoms with Gasteiger partial charge in [0.2, 0.25) is 0 Å². The van der Waals surface area contributed by atoms with Gasteiger partial charge in [-0.2, -0.15) is 0 Å². The van der Waals surface area contributed by atoms with Crippen LogP contribution < -0.4 is 0 Å². The fraction of sp³-hybridized carbons (Fsp3) is 0.500. The zero-order valence-electron chi connectivity index (χ0n) is 18.7. The molecule has 0 radical (unpaired) electrons. The number of pyridine rings is 1. The summed E-state index contributed by atoms with van der Waals surface area (Å²) in [6.07, 6.45) is 9.08. The number of hydrogen-bond donors (Lipinski definition) is 0. The van der Waals surface area contributed by atoms with Crippen molar-refractivity contribution in [1.29, 1.82) is 0 Å². The highest BCUT2D eigenvalue weighted by molar-refractivity contribution is 5.97. The lowest BCUT2D eigenvalue weighted by molar-refractivity contribution is -0.0498. The summed E-state index contributed by atoms with van der Waals surface area (Å²) in [5.41, 5.74) is 2.21. The topological polar surface area (TPSA) is 62.7 Å². The zero-order chi connectivity index (χ0) is 22.1. The molecule has 6 heteroatoms. The van der Waals surface area contributed by atoms with Crippen molar-refractivity contribution < 1.29 is 14.3 Å². The van der Waals surface area contributed by atoms with Crippen molar-refractivity contribution in [3.63, 3.8) is 0 Å². The molecular formula is C26H31N3O3. The van der Waals surface area contributed by atoms with E-state index in [0.717, 1.165) is 26.1 Å². The fourth-order valence-electron chi connectivity index (χ4n) is 6.15. The number of fused-ring (bicyclic) bond motifs is 4. The standard InChI is InChI=1S/C26H31N3O3/c1-32-26(31)21-12-20(13-27-14-21)25(30)28-15-19-10-22(17-28)24-9-5-8-23(29(24)16-19)11-18-6-3-2-4-7-18/h2-4,6-7,12-14,19,22-24H,5,8-11,15-17H2,1H3/t19-,22+,23+,24-/m0/s1. The van der Waals surface area contributed by atoms with Crippen molar-refractivity contribution in [1.82, 2.24) is 14.8 Å². The Bertz CT molecular complexity index is 979. The molecule has 3 fully saturated rings. The smallest absolute Gasteiger partial charge is 0.339 e. The third-order valence-electron chi connectivity index (χ3n) is 7.52. The van der Waals surface area contributed by atoms with Gasteiger partial charge in [0.05, 0.1) is 18.2 Å².